The standard InChI is InChI=1S/C17H16F2O2/c1-10-7-17(21-3)11(2)6-14(10)16(20)8-12-4-5-13(18)9-15(12)19/h4-7,9H,8H2,1-3H3. The molecule has 2 rings (SSSR count). The van der Waals surface area contributed by atoms with Gasteiger partial charge in [-0.25, -0.2) is 8.78 Å². The highest BCUT2D eigenvalue weighted by atomic mass is 19.1. The van der Waals surface area contributed by atoms with Gasteiger partial charge in [0.25, 0.3) is 0 Å². The van der Waals surface area contributed by atoms with Crippen molar-refractivity contribution in [1.29, 1.82) is 0 Å². The molecule has 2 aromatic carbocycles. The third kappa shape index (κ3) is 3.27. The van der Waals surface area contributed by atoms with Crippen molar-refractivity contribution in [2.75, 3.05) is 7.11 Å². The molecular weight excluding hydrogens is 274 g/mol. The van der Waals surface area contributed by atoms with E-state index < -0.39 is 11.6 Å². The fourth-order valence-electron chi connectivity index (χ4n) is 2.24. The Kier molecular flexibility index (Phi) is 4.36. The lowest BCUT2D eigenvalue weighted by Crippen LogP contribution is -2.08. The predicted molar refractivity (Wildman–Crippen MR) is 76.9 cm³/mol. The fourth-order valence-corrected chi connectivity index (χ4v) is 2.24. The van der Waals surface area contributed by atoms with Crippen molar-refractivity contribution < 1.29 is 18.3 Å². The Bertz CT molecular complexity index is 693. The number of methoxy groups -OCH3 is 1. The summed E-state index contributed by atoms with van der Waals surface area (Å²) in [5.74, 6) is -0.854. The van der Waals surface area contributed by atoms with Crippen LogP contribution in [0.4, 0.5) is 8.78 Å². The molecule has 0 aliphatic heterocycles. The Labute approximate surface area is 122 Å². The van der Waals surface area contributed by atoms with E-state index in [1.165, 1.54) is 6.07 Å². The zero-order valence-electron chi connectivity index (χ0n) is 12.2. The molecule has 4 heteroatoms. The van der Waals surface area contributed by atoms with Crippen LogP contribution in [0.3, 0.4) is 0 Å². The molecule has 21 heavy (non-hydrogen) atoms. The molecular formula is C17H16F2O2. The molecule has 0 heterocycles. The van der Waals surface area contributed by atoms with Crippen molar-refractivity contribution in [3.63, 3.8) is 0 Å². The van der Waals surface area contributed by atoms with Crippen molar-refractivity contribution in [3.05, 3.63) is 64.2 Å². The average molecular weight is 290 g/mol. The number of carbonyl (C=O) groups is 1. The third-order valence-corrected chi connectivity index (χ3v) is 3.41. The van der Waals surface area contributed by atoms with Gasteiger partial charge < -0.3 is 4.74 Å². The smallest absolute Gasteiger partial charge is 0.167 e. The first kappa shape index (κ1) is 15.2. The predicted octanol–water partition coefficient (Wildman–Crippen LogP) is 4.02. The lowest BCUT2D eigenvalue weighted by Gasteiger charge is -2.11. The molecule has 0 amide bonds. The number of ketones is 1. The highest BCUT2D eigenvalue weighted by Crippen LogP contribution is 2.24. The van der Waals surface area contributed by atoms with E-state index in [4.69, 9.17) is 4.74 Å². The summed E-state index contributed by atoms with van der Waals surface area (Å²) in [5.41, 5.74) is 2.32. The van der Waals surface area contributed by atoms with Crippen LogP contribution in [0.2, 0.25) is 0 Å². The largest absolute Gasteiger partial charge is 0.496 e. The van der Waals surface area contributed by atoms with E-state index in [2.05, 4.69) is 0 Å². The first-order chi connectivity index (χ1) is 9.92. The topological polar surface area (TPSA) is 26.3 Å². The van der Waals surface area contributed by atoms with Gasteiger partial charge in [-0.3, -0.25) is 4.79 Å². The van der Waals surface area contributed by atoms with Gasteiger partial charge in [0.1, 0.15) is 17.4 Å². The van der Waals surface area contributed by atoms with E-state index in [1.54, 1.807) is 26.2 Å². The summed E-state index contributed by atoms with van der Waals surface area (Å²) in [6, 6.07) is 6.75. The van der Waals surface area contributed by atoms with E-state index in [0.717, 1.165) is 23.3 Å². The van der Waals surface area contributed by atoms with Gasteiger partial charge in [-0.05, 0) is 48.7 Å². The molecule has 0 saturated carbocycles. The van der Waals surface area contributed by atoms with Crippen LogP contribution in [-0.2, 0) is 6.42 Å². The highest BCUT2D eigenvalue weighted by molar-refractivity contribution is 5.99. The van der Waals surface area contributed by atoms with E-state index in [1.807, 2.05) is 6.92 Å². The number of halogens is 2. The Hall–Kier alpha value is -2.23. The maximum atomic E-state index is 13.6. The molecule has 0 bridgehead atoms. The summed E-state index contributed by atoms with van der Waals surface area (Å²) in [6.07, 6.45) is -0.0985. The average Bonchev–Trinajstić information content (AvgIpc) is 2.43. The van der Waals surface area contributed by atoms with Crippen LogP contribution in [0, 0.1) is 25.5 Å². The maximum Gasteiger partial charge on any atom is 0.167 e. The summed E-state index contributed by atoms with van der Waals surface area (Å²) < 4.78 is 31.7. The zero-order chi connectivity index (χ0) is 15.6. The summed E-state index contributed by atoms with van der Waals surface area (Å²) in [6.45, 7) is 3.64. The van der Waals surface area contributed by atoms with E-state index in [9.17, 15) is 13.6 Å². The number of Topliss-reactive ketones (excluding diaryl/α,β-unsaturated/α-hetero) is 1. The number of ether oxygens (including phenoxy) is 1. The van der Waals surface area contributed by atoms with Crippen molar-refractivity contribution in [2.45, 2.75) is 20.3 Å². The molecule has 2 nitrogen and oxygen atoms in total. The maximum absolute atomic E-state index is 13.6. The number of carbonyl (C=O) groups excluding carboxylic acids is 1. The minimum atomic E-state index is -0.703. The molecule has 0 fully saturated rings. The Morgan fingerprint density at radius 2 is 1.81 bits per heavy atom. The normalized spacial score (nSPS) is 10.5. The van der Waals surface area contributed by atoms with Crippen LogP contribution >= 0.6 is 0 Å². The highest BCUT2D eigenvalue weighted by Gasteiger charge is 2.15. The third-order valence-electron chi connectivity index (χ3n) is 3.41. The van der Waals surface area contributed by atoms with Crippen LogP contribution in [-0.4, -0.2) is 12.9 Å². The molecule has 0 radical (unpaired) electrons. The van der Waals surface area contributed by atoms with Crippen molar-refractivity contribution in [2.24, 2.45) is 0 Å². The molecule has 0 spiro atoms. The van der Waals surface area contributed by atoms with Crippen LogP contribution in [0.15, 0.2) is 30.3 Å². The molecule has 110 valence electrons. The van der Waals surface area contributed by atoms with Crippen molar-refractivity contribution in [1.82, 2.24) is 0 Å². The molecule has 2 aromatic rings. The minimum absolute atomic E-state index is 0.0985. The Balaban J connectivity index is 2.30. The summed E-state index contributed by atoms with van der Waals surface area (Å²) in [7, 11) is 1.57. The zero-order valence-corrected chi connectivity index (χ0v) is 12.2. The van der Waals surface area contributed by atoms with Crippen LogP contribution in [0.5, 0.6) is 5.75 Å². The second-order valence-electron chi connectivity index (χ2n) is 4.97. The SMILES string of the molecule is COc1cc(C)c(C(=O)Cc2ccc(F)cc2F)cc1C. The first-order valence-corrected chi connectivity index (χ1v) is 6.54. The fraction of sp³-hybridized carbons (Fsp3) is 0.235. The van der Waals surface area contributed by atoms with Crippen molar-refractivity contribution in [3.8, 4) is 5.75 Å². The van der Waals surface area contributed by atoms with Gasteiger partial charge >= 0.3 is 0 Å². The van der Waals surface area contributed by atoms with E-state index in [-0.39, 0.29) is 17.8 Å². The Morgan fingerprint density at radius 1 is 1.10 bits per heavy atom. The molecule has 0 saturated heterocycles. The van der Waals surface area contributed by atoms with Gasteiger partial charge in [0.15, 0.2) is 5.78 Å². The van der Waals surface area contributed by atoms with Gasteiger partial charge in [0.05, 0.1) is 7.11 Å². The lowest BCUT2D eigenvalue weighted by molar-refractivity contribution is 0.0991. The first-order valence-electron chi connectivity index (χ1n) is 6.54. The van der Waals surface area contributed by atoms with Crippen LogP contribution in [0.1, 0.15) is 27.0 Å². The summed E-state index contributed by atoms with van der Waals surface area (Å²) >= 11 is 0. The number of rotatable bonds is 4. The van der Waals surface area contributed by atoms with Gasteiger partial charge in [-0.15, -0.1) is 0 Å². The van der Waals surface area contributed by atoms with E-state index in [0.29, 0.717) is 11.3 Å². The molecule has 0 aliphatic rings. The second kappa shape index (κ2) is 6.04. The lowest BCUT2D eigenvalue weighted by atomic mass is 9.96. The second-order valence-corrected chi connectivity index (χ2v) is 4.97. The van der Waals surface area contributed by atoms with Gasteiger partial charge in [0, 0.05) is 18.1 Å². The molecule has 0 N–H and O–H groups in total. The molecule has 0 aromatic heterocycles. The van der Waals surface area contributed by atoms with Gasteiger partial charge in [-0.2, -0.15) is 0 Å². The number of aryl methyl sites for hydroxylation is 2. The van der Waals surface area contributed by atoms with E-state index >= 15 is 0 Å². The summed E-state index contributed by atoms with van der Waals surface area (Å²) in [4.78, 5) is 12.3. The molecule has 0 unspecified atom stereocenters. The Morgan fingerprint density at radius 3 is 2.43 bits per heavy atom. The van der Waals surface area contributed by atoms with Crippen LogP contribution in [0.25, 0.3) is 0 Å². The monoisotopic (exact) mass is 290 g/mol. The van der Waals surface area contributed by atoms with Crippen LogP contribution < -0.4 is 4.74 Å². The van der Waals surface area contributed by atoms with Gasteiger partial charge in [0.2, 0.25) is 0 Å². The number of hydrogen-bond donors (Lipinski definition) is 0. The number of hydrogen-bond acceptors (Lipinski definition) is 2. The number of benzene rings is 2. The van der Waals surface area contributed by atoms with Crippen molar-refractivity contribution >= 4 is 5.78 Å². The minimum Gasteiger partial charge on any atom is -0.496 e. The molecule has 0 atom stereocenters. The summed E-state index contributed by atoms with van der Waals surface area (Å²) in [5, 5.41) is 0. The molecule has 0 aliphatic carbocycles. The van der Waals surface area contributed by atoms with Gasteiger partial charge in [-0.1, -0.05) is 6.07 Å². The quantitative estimate of drug-likeness (QED) is 0.795.